The molecule has 1 saturated heterocycles. The number of phenolic OH excluding ortho intramolecular Hbond substituents is 2. The topological polar surface area (TPSA) is 60.8 Å². The highest BCUT2D eigenvalue weighted by atomic mass is 16.3. The van der Waals surface area contributed by atoms with E-state index in [1.54, 1.807) is 31.2 Å². The minimum Gasteiger partial charge on any atom is -0.508 e. The lowest BCUT2D eigenvalue weighted by Crippen LogP contribution is -2.45. The number of hydrogen-bond donors (Lipinski definition) is 2. The van der Waals surface area contributed by atoms with E-state index in [4.69, 9.17) is 0 Å². The van der Waals surface area contributed by atoms with Crippen LogP contribution in [0.15, 0.2) is 48.5 Å². The Kier molecular flexibility index (Phi) is 3.99. The molecule has 2 aromatic rings. The van der Waals surface area contributed by atoms with Crippen molar-refractivity contribution in [2.45, 2.75) is 25.2 Å². The van der Waals surface area contributed by atoms with Crippen molar-refractivity contribution in [3.05, 3.63) is 59.7 Å². The highest BCUT2D eigenvalue weighted by molar-refractivity contribution is 5.73. The van der Waals surface area contributed by atoms with Crippen LogP contribution in [-0.4, -0.2) is 34.1 Å². The quantitative estimate of drug-likeness (QED) is 0.896. The van der Waals surface area contributed by atoms with Crippen molar-refractivity contribution in [3.63, 3.8) is 0 Å². The number of likely N-dealkylation sites (tertiary alicyclic amines) is 1. The summed E-state index contributed by atoms with van der Waals surface area (Å²) < 4.78 is 0. The summed E-state index contributed by atoms with van der Waals surface area (Å²) in [5, 5.41) is 19.1. The molecule has 23 heavy (non-hydrogen) atoms. The van der Waals surface area contributed by atoms with Gasteiger partial charge in [-0.05, 0) is 48.2 Å². The summed E-state index contributed by atoms with van der Waals surface area (Å²) in [6, 6.07) is 14.6. The van der Waals surface area contributed by atoms with E-state index in [9.17, 15) is 15.0 Å². The van der Waals surface area contributed by atoms with Crippen molar-refractivity contribution in [1.82, 2.24) is 4.90 Å². The number of carbonyl (C=O) groups is 1. The Labute approximate surface area is 136 Å². The van der Waals surface area contributed by atoms with Crippen molar-refractivity contribution < 1.29 is 15.0 Å². The summed E-state index contributed by atoms with van der Waals surface area (Å²) in [4.78, 5) is 13.5. The molecule has 0 radical (unpaired) electrons. The second kappa shape index (κ2) is 5.95. The smallest absolute Gasteiger partial charge is 0.219 e. The van der Waals surface area contributed by atoms with Gasteiger partial charge in [0.15, 0.2) is 0 Å². The molecule has 0 unspecified atom stereocenters. The van der Waals surface area contributed by atoms with Gasteiger partial charge in [-0.15, -0.1) is 0 Å². The maximum absolute atomic E-state index is 11.6. The Bertz CT molecular complexity index is 636. The molecule has 4 heteroatoms. The monoisotopic (exact) mass is 311 g/mol. The van der Waals surface area contributed by atoms with Gasteiger partial charge < -0.3 is 15.1 Å². The molecule has 1 amide bonds. The molecule has 0 aliphatic carbocycles. The molecule has 0 saturated carbocycles. The van der Waals surface area contributed by atoms with Crippen molar-refractivity contribution in [2.24, 2.45) is 0 Å². The minimum atomic E-state index is -0.201. The van der Waals surface area contributed by atoms with E-state index in [0.717, 1.165) is 24.0 Å². The van der Waals surface area contributed by atoms with Crippen LogP contribution in [0.2, 0.25) is 0 Å². The maximum atomic E-state index is 11.6. The Morgan fingerprint density at radius 3 is 1.61 bits per heavy atom. The SMILES string of the molecule is CC(=O)N1CCC(c2ccc(O)cc2)(c2ccc(O)cc2)CC1. The Balaban J connectivity index is 2.02. The number of phenols is 2. The predicted molar refractivity (Wildman–Crippen MR) is 88.5 cm³/mol. The first kappa shape index (κ1) is 15.4. The largest absolute Gasteiger partial charge is 0.508 e. The van der Waals surface area contributed by atoms with Crippen LogP contribution in [0.3, 0.4) is 0 Å². The van der Waals surface area contributed by atoms with Crippen LogP contribution < -0.4 is 0 Å². The average molecular weight is 311 g/mol. The van der Waals surface area contributed by atoms with Gasteiger partial charge in [-0.25, -0.2) is 0 Å². The van der Waals surface area contributed by atoms with Gasteiger partial charge >= 0.3 is 0 Å². The van der Waals surface area contributed by atoms with E-state index in [1.165, 1.54) is 0 Å². The van der Waals surface area contributed by atoms with Gasteiger partial charge in [-0.2, -0.15) is 0 Å². The van der Waals surface area contributed by atoms with Crippen molar-refractivity contribution in [1.29, 1.82) is 0 Å². The molecule has 120 valence electrons. The minimum absolute atomic E-state index is 0.106. The third-order valence-electron chi connectivity index (χ3n) is 4.90. The lowest BCUT2D eigenvalue weighted by molar-refractivity contribution is -0.130. The number of piperidine rings is 1. The summed E-state index contributed by atoms with van der Waals surface area (Å²) in [6.45, 7) is 3.02. The van der Waals surface area contributed by atoms with Gasteiger partial charge in [-0.3, -0.25) is 4.79 Å². The number of hydrogen-bond acceptors (Lipinski definition) is 3. The molecular formula is C19H21NO3. The van der Waals surface area contributed by atoms with Crippen LogP contribution in [-0.2, 0) is 10.2 Å². The average Bonchev–Trinajstić information content (AvgIpc) is 2.56. The Hall–Kier alpha value is -2.49. The van der Waals surface area contributed by atoms with Crippen LogP contribution in [0.4, 0.5) is 0 Å². The number of rotatable bonds is 2. The molecule has 1 aliphatic heterocycles. The molecule has 2 aromatic carbocycles. The molecule has 2 N–H and O–H groups in total. The third kappa shape index (κ3) is 2.89. The number of nitrogens with zero attached hydrogens (tertiary/aromatic N) is 1. The highest BCUT2D eigenvalue weighted by Crippen LogP contribution is 2.42. The van der Waals surface area contributed by atoms with Gasteiger partial charge in [0.05, 0.1) is 0 Å². The first-order chi connectivity index (χ1) is 11.0. The van der Waals surface area contributed by atoms with Gasteiger partial charge in [0.2, 0.25) is 5.91 Å². The fourth-order valence-electron chi connectivity index (χ4n) is 3.51. The Morgan fingerprint density at radius 1 is 0.870 bits per heavy atom. The molecule has 0 spiro atoms. The van der Waals surface area contributed by atoms with Gasteiger partial charge in [0, 0.05) is 25.4 Å². The van der Waals surface area contributed by atoms with E-state index < -0.39 is 0 Å². The standard InChI is InChI=1S/C19H21NO3/c1-14(21)20-12-10-19(11-13-20,15-2-6-17(22)7-3-15)16-4-8-18(23)9-5-16/h2-9,22-23H,10-13H2,1H3. The molecule has 1 heterocycles. The first-order valence-electron chi connectivity index (χ1n) is 7.86. The third-order valence-corrected chi connectivity index (χ3v) is 4.90. The molecule has 1 aliphatic rings. The van der Waals surface area contributed by atoms with E-state index in [2.05, 4.69) is 0 Å². The van der Waals surface area contributed by atoms with Crippen molar-refractivity contribution in [2.75, 3.05) is 13.1 Å². The van der Waals surface area contributed by atoms with Crippen molar-refractivity contribution in [3.8, 4) is 11.5 Å². The first-order valence-corrected chi connectivity index (χ1v) is 7.86. The highest BCUT2D eigenvalue weighted by Gasteiger charge is 2.38. The van der Waals surface area contributed by atoms with Crippen LogP contribution in [0, 0.1) is 0 Å². The zero-order chi connectivity index (χ0) is 16.4. The molecule has 3 rings (SSSR count). The number of aromatic hydroxyl groups is 2. The molecule has 0 aromatic heterocycles. The summed E-state index contributed by atoms with van der Waals surface area (Å²) in [5.74, 6) is 0.599. The zero-order valence-corrected chi connectivity index (χ0v) is 13.2. The van der Waals surface area contributed by atoms with E-state index in [-0.39, 0.29) is 22.8 Å². The fraction of sp³-hybridized carbons (Fsp3) is 0.316. The molecular weight excluding hydrogens is 290 g/mol. The lowest BCUT2D eigenvalue weighted by atomic mass is 9.68. The van der Waals surface area contributed by atoms with Gasteiger partial charge in [-0.1, -0.05) is 24.3 Å². The summed E-state index contributed by atoms with van der Waals surface area (Å²) in [6.07, 6.45) is 1.64. The predicted octanol–water partition coefficient (Wildman–Crippen LogP) is 3.03. The molecule has 0 bridgehead atoms. The van der Waals surface area contributed by atoms with Crippen molar-refractivity contribution >= 4 is 5.91 Å². The lowest BCUT2D eigenvalue weighted by Gasteiger charge is -2.42. The molecule has 0 atom stereocenters. The van der Waals surface area contributed by atoms with E-state index in [0.29, 0.717) is 13.1 Å². The van der Waals surface area contributed by atoms with Crippen LogP contribution in [0.1, 0.15) is 30.9 Å². The number of benzene rings is 2. The van der Waals surface area contributed by atoms with Crippen LogP contribution in [0.5, 0.6) is 11.5 Å². The normalized spacial score (nSPS) is 17.0. The molecule has 4 nitrogen and oxygen atoms in total. The summed E-state index contributed by atoms with van der Waals surface area (Å²) in [5.41, 5.74) is 2.06. The van der Waals surface area contributed by atoms with E-state index >= 15 is 0 Å². The second-order valence-electron chi connectivity index (χ2n) is 6.18. The fourth-order valence-corrected chi connectivity index (χ4v) is 3.51. The summed E-state index contributed by atoms with van der Waals surface area (Å²) in [7, 11) is 0. The van der Waals surface area contributed by atoms with Gasteiger partial charge in [0.25, 0.3) is 0 Å². The van der Waals surface area contributed by atoms with Crippen LogP contribution >= 0.6 is 0 Å². The Morgan fingerprint density at radius 2 is 1.26 bits per heavy atom. The zero-order valence-electron chi connectivity index (χ0n) is 13.2. The molecule has 1 fully saturated rings. The summed E-state index contributed by atoms with van der Waals surface area (Å²) >= 11 is 0. The van der Waals surface area contributed by atoms with E-state index in [1.807, 2.05) is 29.2 Å². The number of carbonyl (C=O) groups excluding carboxylic acids is 1. The van der Waals surface area contributed by atoms with Gasteiger partial charge in [0.1, 0.15) is 11.5 Å². The van der Waals surface area contributed by atoms with Crippen LogP contribution in [0.25, 0.3) is 0 Å². The maximum Gasteiger partial charge on any atom is 0.219 e. The second-order valence-corrected chi connectivity index (χ2v) is 6.18. The number of amides is 1.